The average molecular weight is 313 g/mol. The lowest BCUT2D eigenvalue weighted by Gasteiger charge is -2.18. The molecule has 0 unspecified atom stereocenters. The fourth-order valence-corrected chi connectivity index (χ4v) is 2.68. The molecule has 2 aromatic rings. The van der Waals surface area contributed by atoms with Gasteiger partial charge in [0.1, 0.15) is 5.69 Å². The van der Waals surface area contributed by atoms with E-state index in [-0.39, 0.29) is 12.3 Å². The quantitative estimate of drug-likeness (QED) is 0.763. The van der Waals surface area contributed by atoms with Gasteiger partial charge in [0.15, 0.2) is 0 Å². The van der Waals surface area contributed by atoms with Crippen LogP contribution in [-0.4, -0.2) is 27.2 Å². The molecule has 6 nitrogen and oxygen atoms in total. The summed E-state index contributed by atoms with van der Waals surface area (Å²) in [6, 6.07) is 8.63. The highest BCUT2D eigenvalue weighted by Crippen LogP contribution is 2.39. The van der Waals surface area contributed by atoms with E-state index in [2.05, 4.69) is 15.5 Å². The molecule has 6 heteroatoms. The summed E-state index contributed by atoms with van der Waals surface area (Å²) in [5.41, 5.74) is 3.03. The monoisotopic (exact) mass is 313 g/mol. The van der Waals surface area contributed by atoms with Gasteiger partial charge in [0.25, 0.3) is 5.91 Å². The predicted molar refractivity (Wildman–Crippen MR) is 84.2 cm³/mol. The minimum absolute atomic E-state index is 0.170. The van der Waals surface area contributed by atoms with Gasteiger partial charge in [0.05, 0.1) is 12.5 Å². The predicted octanol–water partition coefficient (Wildman–Crippen LogP) is 2.54. The number of hydrogen-bond donors (Lipinski definition) is 3. The Morgan fingerprint density at radius 3 is 2.78 bits per heavy atom. The van der Waals surface area contributed by atoms with Crippen molar-refractivity contribution >= 4 is 11.9 Å². The number of benzene rings is 1. The number of H-pyrrole nitrogens is 1. The Morgan fingerprint density at radius 1 is 1.39 bits per heavy atom. The van der Waals surface area contributed by atoms with E-state index in [4.69, 9.17) is 5.11 Å². The Morgan fingerprint density at radius 2 is 2.13 bits per heavy atom. The fraction of sp³-hybridized carbons (Fsp3) is 0.353. The Balaban J connectivity index is 1.78. The van der Waals surface area contributed by atoms with Crippen molar-refractivity contribution < 1.29 is 14.7 Å². The van der Waals surface area contributed by atoms with E-state index in [0.29, 0.717) is 11.6 Å². The van der Waals surface area contributed by atoms with Crippen molar-refractivity contribution in [3.8, 4) is 0 Å². The second-order valence-corrected chi connectivity index (χ2v) is 5.96. The topological polar surface area (TPSA) is 95.1 Å². The van der Waals surface area contributed by atoms with E-state index in [1.165, 1.54) is 0 Å². The molecule has 1 fully saturated rings. The first-order valence-corrected chi connectivity index (χ1v) is 7.68. The van der Waals surface area contributed by atoms with Crippen molar-refractivity contribution in [3.05, 3.63) is 52.8 Å². The molecule has 1 aliphatic carbocycles. The van der Waals surface area contributed by atoms with Gasteiger partial charge in [-0.3, -0.25) is 14.7 Å². The van der Waals surface area contributed by atoms with Gasteiger partial charge in [-0.1, -0.05) is 24.3 Å². The van der Waals surface area contributed by atoms with Gasteiger partial charge in [0, 0.05) is 11.6 Å². The molecule has 1 heterocycles. The molecule has 0 spiro atoms. The molecule has 1 atom stereocenters. The Kier molecular flexibility index (Phi) is 4.14. The van der Waals surface area contributed by atoms with Gasteiger partial charge < -0.3 is 10.4 Å². The van der Waals surface area contributed by atoms with Gasteiger partial charge in [-0.2, -0.15) is 5.10 Å². The molecule has 1 aromatic carbocycles. The molecule has 0 saturated heterocycles. The summed E-state index contributed by atoms with van der Waals surface area (Å²) in [6.45, 7) is 1.90. The number of amides is 1. The summed E-state index contributed by atoms with van der Waals surface area (Å²) in [7, 11) is 0. The highest BCUT2D eigenvalue weighted by Gasteiger charge is 2.27. The van der Waals surface area contributed by atoms with Crippen LogP contribution < -0.4 is 5.32 Å². The van der Waals surface area contributed by atoms with Crippen LogP contribution in [0.25, 0.3) is 0 Å². The van der Waals surface area contributed by atoms with Crippen molar-refractivity contribution in [1.29, 1.82) is 0 Å². The number of aryl methyl sites for hydroxylation is 1. The highest BCUT2D eigenvalue weighted by molar-refractivity contribution is 5.93. The van der Waals surface area contributed by atoms with E-state index in [1.807, 2.05) is 31.2 Å². The van der Waals surface area contributed by atoms with Crippen LogP contribution in [0.2, 0.25) is 0 Å². The summed E-state index contributed by atoms with van der Waals surface area (Å²) in [6.07, 6.45) is 2.07. The summed E-state index contributed by atoms with van der Waals surface area (Å²) in [5, 5.41) is 18.9. The molecule has 120 valence electrons. The standard InChI is InChI=1S/C17H19N3O3/c1-10-4-2-3-5-12(10)14(9-16(21)22)18-17(23)15-8-13(19-20-15)11-6-7-11/h2-5,8,11,14H,6-7,9H2,1H3,(H,18,23)(H,19,20)(H,21,22)/t14-/m1/s1. The molecule has 3 N–H and O–H groups in total. The maximum absolute atomic E-state index is 12.4. The number of carboxylic acids is 1. The zero-order chi connectivity index (χ0) is 16.4. The number of aliphatic carboxylic acids is 1. The first-order valence-electron chi connectivity index (χ1n) is 7.68. The minimum atomic E-state index is -0.959. The number of hydrogen-bond acceptors (Lipinski definition) is 3. The largest absolute Gasteiger partial charge is 0.481 e. The van der Waals surface area contributed by atoms with E-state index in [1.54, 1.807) is 6.07 Å². The SMILES string of the molecule is Cc1ccccc1[C@@H](CC(=O)O)NC(=O)c1cc(C2CC2)[nH]n1. The van der Waals surface area contributed by atoms with Crippen molar-refractivity contribution in [1.82, 2.24) is 15.5 Å². The number of nitrogens with zero attached hydrogens (tertiary/aromatic N) is 1. The maximum atomic E-state index is 12.4. The van der Waals surface area contributed by atoms with Crippen molar-refractivity contribution in [3.63, 3.8) is 0 Å². The van der Waals surface area contributed by atoms with Gasteiger partial charge in [0.2, 0.25) is 0 Å². The van der Waals surface area contributed by atoms with E-state index < -0.39 is 12.0 Å². The lowest BCUT2D eigenvalue weighted by molar-refractivity contribution is -0.137. The molecule has 0 radical (unpaired) electrons. The fourth-order valence-electron chi connectivity index (χ4n) is 2.68. The molecule has 1 aliphatic rings. The number of aromatic amines is 1. The Labute approximate surface area is 133 Å². The van der Waals surface area contributed by atoms with Crippen molar-refractivity contribution in [2.75, 3.05) is 0 Å². The first-order chi connectivity index (χ1) is 11.0. The van der Waals surface area contributed by atoms with Gasteiger partial charge in [-0.05, 0) is 37.0 Å². The van der Waals surface area contributed by atoms with Gasteiger partial charge >= 0.3 is 5.97 Å². The number of carbonyl (C=O) groups excluding carboxylic acids is 1. The third-order valence-electron chi connectivity index (χ3n) is 4.10. The molecule has 0 aliphatic heterocycles. The number of carboxylic acid groups (broad SMARTS) is 1. The lowest BCUT2D eigenvalue weighted by atomic mass is 9.98. The lowest BCUT2D eigenvalue weighted by Crippen LogP contribution is -2.31. The first kappa shape index (κ1) is 15.3. The molecular formula is C17H19N3O3. The molecule has 1 aromatic heterocycles. The molecule has 0 bridgehead atoms. The van der Waals surface area contributed by atoms with Crippen LogP contribution in [0.4, 0.5) is 0 Å². The molecule has 1 amide bonds. The molecule has 23 heavy (non-hydrogen) atoms. The second kappa shape index (κ2) is 6.24. The smallest absolute Gasteiger partial charge is 0.305 e. The minimum Gasteiger partial charge on any atom is -0.481 e. The van der Waals surface area contributed by atoms with Crippen LogP contribution in [0.3, 0.4) is 0 Å². The number of rotatable bonds is 6. The second-order valence-electron chi connectivity index (χ2n) is 5.96. The molecule has 1 saturated carbocycles. The third-order valence-corrected chi connectivity index (χ3v) is 4.10. The third kappa shape index (κ3) is 3.59. The normalized spacial score (nSPS) is 15.2. The molecular weight excluding hydrogens is 294 g/mol. The van der Waals surface area contributed by atoms with Crippen LogP contribution >= 0.6 is 0 Å². The van der Waals surface area contributed by atoms with Gasteiger partial charge in [-0.15, -0.1) is 0 Å². The number of nitrogens with one attached hydrogen (secondary N) is 2. The zero-order valence-electron chi connectivity index (χ0n) is 12.9. The van der Waals surface area contributed by atoms with Gasteiger partial charge in [-0.25, -0.2) is 0 Å². The van der Waals surface area contributed by atoms with Crippen molar-refractivity contribution in [2.24, 2.45) is 0 Å². The highest BCUT2D eigenvalue weighted by atomic mass is 16.4. The maximum Gasteiger partial charge on any atom is 0.305 e. The number of aromatic nitrogens is 2. The summed E-state index contributed by atoms with van der Waals surface area (Å²) in [5.74, 6) is -0.836. The van der Waals surface area contributed by atoms with Crippen molar-refractivity contribution in [2.45, 2.75) is 38.1 Å². The average Bonchev–Trinajstić information content (AvgIpc) is 3.24. The number of carbonyl (C=O) groups is 2. The van der Waals surface area contributed by atoms with Crippen LogP contribution in [0.5, 0.6) is 0 Å². The van der Waals surface area contributed by atoms with Crippen LogP contribution in [-0.2, 0) is 4.79 Å². The van der Waals surface area contributed by atoms with E-state index in [0.717, 1.165) is 29.7 Å². The van der Waals surface area contributed by atoms with Crippen LogP contribution in [0.1, 0.15) is 58.5 Å². The summed E-state index contributed by atoms with van der Waals surface area (Å²) in [4.78, 5) is 23.5. The Hall–Kier alpha value is -2.63. The van der Waals surface area contributed by atoms with Crippen LogP contribution in [0, 0.1) is 6.92 Å². The van der Waals surface area contributed by atoms with Crippen LogP contribution in [0.15, 0.2) is 30.3 Å². The van der Waals surface area contributed by atoms with E-state index in [9.17, 15) is 9.59 Å². The summed E-state index contributed by atoms with van der Waals surface area (Å²) < 4.78 is 0. The molecule has 3 rings (SSSR count). The Bertz CT molecular complexity index is 734. The van der Waals surface area contributed by atoms with E-state index >= 15 is 0 Å². The summed E-state index contributed by atoms with van der Waals surface area (Å²) >= 11 is 0. The zero-order valence-corrected chi connectivity index (χ0v) is 12.9.